The highest BCUT2D eigenvalue weighted by atomic mass is 32.2. The van der Waals surface area contributed by atoms with E-state index in [0.29, 0.717) is 12.1 Å². The van der Waals surface area contributed by atoms with Crippen LogP contribution in [0.3, 0.4) is 0 Å². The van der Waals surface area contributed by atoms with E-state index in [1.54, 1.807) is 24.3 Å². The van der Waals surface area contributed by atoms with Crippen LogP contribution in [0.1, 0.15) is 38.2 Å². The summed E-state index contributed by atoms with van der Waals surface area (Å²) < 4.78 is 27.7. The summed E-state index contributed by atoms with van der Waals surface area (Å²) in [7, 11) is -3.57. The van der Waals surface area contributed by atoms with Crippen molar-refractivity contribution in [2.45, 2.75) is 37.5 Å². The first-order chi connectivity index (χ1) is 10.0. The van der Waals surface area contributed by atoms with Crippen molar-refractivity contribution >= 4 is 10.0 Å². The maximum Gasteiger partial charge on any atom is 0.241 e. The van der Waals surface area contributed by atoms with E-state index in [2.05, 4.69) is 23.5 Å². The van der Waals surface area contributed by atoms with Gasteiger partial charge in [0.25, 0.3) is 0 Å². The first-order valence-corrected chi connectivity index (χ1v) is 8.70. The van der Waals surface area contributed by atoms with Gasteiger partial charge in [0.1, 0.15) is 6.61 Å². The van der Waals surface area contributed by atoms with Crippen molar-refractivity contribution in [1.82, 2.24) is 4.72 Å². The fourth-order valence-corrected chi connectivity index (χ4v) is 3.91. The summed E-state index contributed by atoms with van der Waals surface area (Å²) in [6.07, 6.45) is 4.32. The summed E-state index contributed by atoms with van der Waals surface area (Å²) in [6.45, 7) is 2.29. The molecule has 0 amide bonds. The van der Waals surface area contributed by atoms with E-state index in [1.165, 1.54) is 6.42 Å². The molecule has 1 fully saturated rings. The molecular weight excluding hydrogens is 286 g/mol. The normalized spacial score (nSPS) is 16.7. The molecule has 114 valence electrons. The van der Waals surface area contributed by atoms with Gasteiger partial charge in [0.15, 0.2) is 0 Å². The van der Waals surface area contributed by atoms with Crippen LogP contribution in [-0.4, -0.2) is 26.7 Å². The van der Waals surface area contributed by atoms with Crippen LogP contribution in [0.4, 0.5) is 0 Å². The van der Waals surface area contributed by atoms with Crippen molar-refractivity contribution in [2.24, 2.45) is 5.41 Å². The maximum atomic E-state index is 12.5. The fourth-order valence-electron chi connectivity index (χ4n) is 2.60. The lowest BCUT2D eigenvalue weighted by molar-refractivity contribution is 0.133. The van der Waals surface area contributed by atoms with E-state index < -0.39 is 10.0 Å². The van der Waals surface area contributed by atoms with Gasteiger partial charge in [-0.1, -0.05) is 37.3 Å². The van der Waals surface area contributed by atoms with Crippen molar-refractivity contribution in [3.63, 3.8) is 0 Å². The number of aliphatic hydroxyl groups excluding tert-OH is 1. The summed E-state index contributed by atoms with van der Waals surface area (Å²) in [4.78, 5) is 0.177. The number of hydrogen-bond donors (Lipinski definition) is 2. The van der Waals surface area contributed by atoms with Crippen LogP contribution in [0.15, 0.2) is 29.2 Å². The molecule has 0 radical (unpaired) electrons. The van der Waals surface area contributed by atoms with Gasteiger partial charge in [-0.2, -0.15) is 0 Å². The standard InChI is InChI=1S/C16H21NO3S/c1-2-16(10-6-11-16)13-17-21(19,20)15-9-4-3-7-14(15)8-5-12-18/h3-4,7,9,17-18H,2,6,10-13H2,1H3. The third-order valence-corrected chi connectivity index (χ3v) is 5.74. The molecule has 4 nitrogen and oxygen atoms in total. The maximum absolute atomic E-state index is 12.5. The molecule has 0 aliphatic heterocycles. The second-order valence-corrected chi connectivity index (χ2v) is 7.22. The highest BCUT2D eigenvalue weighted by Crippen LogP contribution is 2.43. The quantitative estimate of drug-likeness (QED) is 0.816. The zero-order chi connectivity index (χ0) is 15.3. The average Bonchev–Trinajstić information content (AvgIpc) is 2.44. The summed E-state index contributed by atoms with van der Waals surface area (Å²) in [5.74, 6) is 5.19. The van der Waals surface area contributed by atoms with Gasteiger partial charge in [0, 0.05) is 12.1 Å². The van der Waals surface area contributed by atoms with E-state index in [1.807, 2.05) is 0 Å². The van der Waals surface area contributed by atoms with Gasteiger partial charge in [-0.3, -0.25) is 0 Å². The molecule has 1 aromatic rings. The molecule has 0 spiro atoms. The van der Waals surface area contributed by atoms with Crippen LogP contribution in [-0.2, 0) is 10.0 Å². The average molecular weight is 307 g/mol. The van der Waals surface area contributed by atoms with Crippen LogP contribution in [0, 0.1) is 17.3 Å². The Morgan fingerprint density at radius 2 is 2.05 bits per heavy atom. The monoisotopic (exact) mass is 307 g/mol. The van der Waals surface area contributed by atoms with Gasteiger partial charge in [0.05, 0.1) is 4.90 Å². The predicted molar refractivity (Wildman–Crippen MR) is 82.2 cm³/mol. The highest BCUT2D eigenvalue weighted by molar-refractivity contribution is 7.89. The summed E-state index contributed by atoms with van der Waals surface area (Å²) >= 11 is 0. The fraction of sp³-hybridized carbons (Fsp3) is 0.500. The van der Waals surface area contributed by atoms with Crippen LogP contribution in [0.25, 0.3) is 0 Å². The molecule has 0 unspecified atom stereocenters. The van der Waals surface area contributed by atoms with E-state index in [9.17, 15) is 8.42 Å². The van der Waals surface area contributed by atoms with Gasteiger partial charge in [-0.25, -0.2) is 13.1 Å². The Bertz CT molecular complexity index is 646. The number of aliphatic hydroxyl groups is 1. The highest BCUT2D eigenvalue weighted by Gasteiger charge is 2.36. The summed E-state index contributed by atoms with van der Waals surface area (Å²) in [6, 6.07) is 6.61. The molecule has 0 saturated heterocycles. The second-order valence-electron chi connectivity index (χ2n) is 5.49. The molecule has 0 heterocycles. The largest absolute Gasteiger partial charge is 0.384 e. The molecule has 1 aromatic carbocycles. The van der Waals surface area contributed by atoms with Crippen LogP contribution >= 0.6 is 0 Å². The smallest absolute Gasteiger partial charge is 0.241 e. The summed E-state index contributed by atoms with van der Waals surface area (Å²) in [5.41, 5.74) is 0.539. The minimum absolute atomic E-state index is 0.124. The molecule has 0 atom stereocenters. The Morgan fingerprint density at radius 3 is 2.62 bits per heavy atom. The Hall–Kier alpha value is -1.35. The number of sulfonamides is 1. The lowest BCUT2D eigenvalue weighted by Gasteiger charge is -2.41. The molecule has 5 heteroatoms. The Balaban J connectivity index is 2.20. The predicted octanol–water partition coefficient (Wildman–Crippen LogP) is 1.89. The topological polar surface area (TPSA) is 66.4 Å². The molecule has 1 aliphatic rings. The number of rotatable bonds is 5. The Labute approximate surface area is 126 Å². The number of nitrogens with one attached hydrogen (secondary N) is 1. The minimum Gasteiger partial charge on any atom is -0.384 e. The SMILES string of the molecule is CCC1(CNS(=O)(=O)c2ccccc2C#CCO)CCC1. The molecule has 2 rings (SSSR count). The van der Waals surface area contributed by atoms with Gasteiger partial charge in [-0.15, -0.1) is 0 Å². The Kier molecular flexibility index (Phi) is 5.04. The van der Waals surface area contributed by atoms with Crippen molar-refractivity contribution in [1.29, 1.82) is 0 Å². The van der Waals surface area contributed by atoms with Crippen molar-refractivity contribution in [3.8, 4) is 11.8 Å². The van der Waals surface area contributed by atoms with E-state index in [4.69, 9.17) is 5.11 Å². The van der Waals surface area contributed by atoms with Gasteiger partial charge < -0.3 is 5.11 Å². The van der Waals surface area contributed by atoms with Crippen LogP contribution in [0.2, 0.25) is 0 Å². The zero-order valence-corrected chi connectivity index (χ0v) is 13.0. The second kappa shape index (κ2) is 6.61. The first kappa shape index (κ1) is 16.0. The minimum atomic E-state index is -3.57. The summed E-state index contributed by atoms with van der Waals surface area (Å²) in [5, 5.41) is 8.76. The molecular formula is C16H21NO3S. The van der Waals surface area contributed by atoms with Gasteiger partial charge in [0.2, 0.25) is 10.0 Å². The molecule has 1 aliphatic carbocycles. The lowest BCUT2D eigenvalue weighted by Crippen LogP contribution is -2.41. The number of benzene rings is 1. The first-order valence-electron chi connectivity index (χ1n) is 7.21. The third-order valence-electron chi connectivity index (χ3n) is 4.28. The van der Waals surface area contributed by atoms with E-state index >= 15 is 0 Å². The molecule has 2 N–H and O–H groups in total. The Morgan fingerprint density at radius 1 is 1.33 bits per heavy atom. The van der Waals surface area contributed by atoms with Gasteiger partial charge in [-0.05, 0) is 36.8 Å². The van der Waals surface area contributed by atoms with Crippen molar-refractivity contribution in [2.75, 3.05) is 13.2 Å². The van der Waals surface area contributed by atoms with Crippen LogP contribution in [0.5, 0.6) is 0 Å². The zero-order valence-electron chi connectivity index (χ0n) is 12.2. The van der Waals surface area contributed by atoms with Crippen LogP contribution < -0.4 is 4.72 Å². The van der Waals surface area contributed by atoms with Crippen molar-refractivity contribution in [3.05, 3.63) is 29.8 Å². The lowest BCUT2D eigenvalue weighted by atomic mass is 9.67. The molecule has 21 heavy (non-hydrogen) atoms. The molecule has 0 bridgehead atoms. The van der Waals surface area contributed by atoms with E-state index in [0.717, 1.165) is 19.3 Å². The van der Waals surface area contributed by atoms with Crippen molar-refractivity contribution < 1.29 is 13.5 Å². The molecule has 0 aromatic heterocycles. The van der Waals surface area contributed by atoms with Gasteiger partial charge >= 0.3 is 0 Å². The third kappa shape index (κ3) is 3.65. The number of hydrogen-bond acceptors (Lipinski definition) is 3. The molecule has 1 saturated carbocycles. The van der Waals surface area contributed by atoms with E-state index in [-0.39, 0.29) is 16.9 Å².